The third kappa shape index (κ3) is 5.37. The molecule has 1 aliphatic rings. The van der Waals surface area contributed by atoms with E-state index in [1.807, 2.05) is 25.1 Å². The highest BCUT2D eigenvalue weighted by Gasteiger charge is 2.24. The maximum atomic E-state index is 11.9. The van der Waals surface area contributed by atoms with E-state index in [2.05, 4.69) is 42.3 Å². The number of carbonyl (C=O) groups is 1. The number of benzene rings is 1. The molecule has 0 bridgehead atoms. The summed E-state index contributed by atoms with van der Waals surface area (Å²) in [5.74, 6) is 1.57. The van der Waals surface area contributed by atoms with Crippen molar-refractivity contribution in [3.05, 3.63) is 36.4 Å². The van der Waals surface area contributed by atoms with Gasteiger partial charge in [-0.1, -0.05) is 30.3 Å². The Balaban J connectivity index is 1.76. The second kappa shape index (κ2) is 10.1. The number of likely N-dealkylation sites (tertiary alicyclic amines) is 1. The molecule has 156 valence electrons. The summed E-state index contributed by atoms with van der Waals surface area (Å²) >= 11 is 0. The molecule has 0 spiro atoms. The third-order valence-electron chi connectivity index (χ3n) is 5.22. The van der Waals surface area contributed by atoms with Crippen LogP contribution >= 0.6 is 0 Å². The van der Waals surface area contributed by atoms with Gasteiger partial charge >= 0.3 is 6.09 Å². The van der Waals surface area contributed by atoms with Crippen LogP contribution in [0.5, 0.6) is 0 Å². The molecular weight excluding hydrogens is 366 g/mol. The van der Waals surface area contributed by atoms with Gasteiger partial charge < -0.3 is 19.9 Å². The van der Waals surface area contributed by atoms with Crippen molar-refractivity contribution in [3.63, 3.8) is 0 Å². The van der Waals surface area contributed by atoms with Crippen LogP contribution in [0.15, 0.2) is 36.4 Å². The fourth-order valence-electron chi connectivity index (χ4n) is 3.57. The molecule has 1 saturated heterocycles. The number of amides is 1. The highest BCUT2D eigenvalue weighted by Crippen LogP contribution is 2.24. The predicted molar refractivity (Wildman–Crippen MR) is 116 cm³/mol. The van der Waals surface area contributed by atoms with E-state index in [0.29, 0.717) is 25.6 Å². The number of ether oxygens (including phenoxy) is 1. The number of nitrogens with one attached hydrogen (secondary N) is 1. The lowest BCUT2D eigenvalue weighted by Crippen LogP contribution is -2.42. The van der Waals surface area contributed by atoms with Crippen molar-refractivity contribution >= 4 is 17.9 Å². The lowest BCUT2D eigenvalue weighted by atomic mass is 10.1. The van der Waals surface area contributed by atoms with Crippen molar-refractivity contribution in [2.45, 2.75) is 39.7 Å². The van der Waals surface area contributed by atoms with Gasteiger partial charge in [-0.3, -0.25) is 0 Å². The van der Waals surface area contributed by atoms with Crippen LogP contribution in [-0.2, 0) is 4.74 Å². The Labute approximate surface area is 173 Å². The van der Waals surface area contributed by atoms with E-state index in [1.165, 1.54) is 0 Å². The van der Waals surface area contributed by atoms with E-state index in [1.54, 1.807) is 4.90 Å². The smallest absolute Gasteiger partial charge is 0.409 e. The number of aromatic nitrogens is 2. The molecule has 2 heterocycles. The van der Waals surface area contributed by atoms with Crippen LogP contribution in [0.1, 0.15) is 33.6 Å². The SMILES string of the molecule is CCOC(=O)N1CCC(Nc2nc(-c3ccccc3)cc(N(CC)CC)n2)CC1. The standard InChI is InChI=1S/C22H31N5O2/c1-4-26(5-2)20-16-19(17-10-8-7-9-11-17)24-21(25-20)23-18-12-14-27(15-13-18)22(28)29-6-3/h7-11,16,18H,4-6,12-15H2,1-3H3,(H,23,24,25). The molecule has 7 nitrogen and oxygen atoms in total. The lowest BCUT2D eigenvalue weighted by molar-refractivity contribution is 0.0983. The van der Waals surface area contributed by atoms with Gasteiger partial charge in [-0.2, -0.15) is 4.98 Å². The van der Waals surface area contributed by atoms with Gasteiger partial charge in [-0.25, -0.2) is 9.78 Å². The summed E-state index contributed by atoms with van der Waals surface area (Å²) in [4.78, 5) is 25.5. The Bertz CT molecular complexity index is 787. The van der Waals surface area contributed by atoms with Crippen molar-refractivity contribution in [1.29, 1.82) is 0 Å². The normalized spacial score (nSPS) is 14.5. The van der Waals surface area contributed by atoms with Gasteiger partial charge in [0.1, 0.15) is 5.82 Å². The fourth-order valence-corrected chi connectivity index (χ4v) is 3.57. The molecular formula is C22H31N5O2. The Kier molecular flexibility index (Phi) is 7.27. The van der Waals surface area contributed by atoms with Gasteiger partial charge in [-0.15, -0.1) is 0 Å². The lowest BCUT2D eigenvalue weighted by Gasteiger charge is -2.31. The molecule has 1 fully saturated rings. The van der Waals surface area contributed by atoms with Gasteiger partial charge in [0.25, 0.3) is 0 Å². The number of hydrogen-bond acceptors (Lipinski definition) is 6. The quantitative estimate of drug-likeness (QED) is 0.761. The minimum atomic E-state index is -0.225. The molecule has 1 aliphatic heterocycles. The van der Waals surface area contributed by atoms with Gasteiger partial charge in [0.15, 0.2) is 0 Å². The van der Waals surface area contributed by atoms with Crippen LogP contribution in [0.2, 0.25) is 0 Å². The second-order valence-corrected chi connectivity index (χ2v) is 7.08. The zero-order valence-corrected chi connectivity index (χ0v) is 17.6. The predicted octanol–water partition coefficient (Wildman–Crippen LogP) is 4.02. The molecule has 1 amide bonds. The van der Waals surface area contributed by atoms with Crippen molar-refractivity contribution in [2.24, 2.45) is 0 Å². The number of rotatable bonds is 7. The highest BCUT2D eigenvalue weighted by molar-refractivity contribution is 5.68. The van der Waals surface area contributed by atoms with Crippen LogP contribution < -0.4 is 10.2 Å². The Morgan fingerprint density at radius 3 is 2.45 bits per heavy atom. The minimum absolute atomic E-state index is 0.225. The number of carbonyl (C=O) groups excluding carboxylic acids is 1. The summed E-state index contributed by atoms with van der Waals surface area (Å²) in [7, 11) is 0. The molecule has 1 aromatic heterocycles. The maximum absolute atomic E-state index is 11.9. The molecule has 2 aromatic rings. The van der Waals surface area contributed by atoms with Crippen molar-refractivity contribution in [2.75, 3.05) is 43.0 Å². The van der Waals surface area contributed by atoms with Crippen LogP contribution in [0.4, 0.5) is 16.6 Å². The van der Waals surface area contributed by atoms with Crippen LogP contribution in [0.3, 0.4) is 0 Å². The summed E-state index contributed by atoms with van der Waals surface area (Å²) in [6.45, 7) is 9.63. The first-order valence-corrected chi connectivity index (χ1v) is 10.5. The van der Waals surface area contributed by atoms with Gasteiger partial charge in [0, 0.05) is 43.9 Å². The number of piperidine rings is 1. The van der Waals surface area contributed by atoms with E-state index in [0.717, 1.165) is 43.0 Å². The van der Waals surface area contributed by atoms with Crippen LogP contribution in [0, 0.1) is 0 Å². The van der Waals surface area contributed by atoms with Crippen molar-refractivity contribution in [1.82, 2.24) is 14.9 Å². The summed E-state index contributed by atoms with van der Waals surface area (Å²) in [6.07, 6.45) is 1.47. The maximum Gasteiger partial charge on any atom is 0.409 e. The molecule has 0 aliphatic carbocycles. The first-order chi connectivity index (χ1) is 14.1. The van der Waals surface area contributed by atoms with Gasteiger partial charge in [0.05, 0.1) is 12.3 Å². The molecule has 0 radical (unpaired) electrons. The molecule has 29 heavy (non-hydrogen) atoms. The summed E-state index contributed by atoms with van der Waals surface area (Å²) in [5.41, 5.74) is 1.98. The molecule has 1 N–H and O–H groups in total. The van der Waals surface area contributed by atoms with E-state index in [-0.39, 0.29) is 12.1 Å². The van der Waals surface area contributed by atoms with Crippen LogP contribution in [0.25, 0.3) is 11.3 Å². The topological polar surface area (TPSA) is 70.6 Å². The molecule has 3 rings (SSSR count). The van der Waals surface area contributed by atoms with E-state index >= 15 is 0 Å². The van der Waals surface area contributed by atoms with Crippen LogP contribution in [-0.4, -0.2) is 59.8 Å². The second-order valence-electron chi connectivity index (χ2n) is 7.08. The molecule has 1 aromatic carbocycles. The summed E-state index contributed by atoms with van der Waals surface area (Å²) in [6, 6.07) is 12.5. The molecule has 0 unspecified atom stereocenters. The Morgan fingerprint density at radius 1 is 1.14 bits per heavy atom. The molecule has 7 heteroatoms. The van der Waals surface area contributed by atoms with Crippen molar-refractivity contribution < 1.29 is 9.53 Å². The Hall–Kier alpha value is -2.83. The molecule has 0 saturated carbocycles. The fraction of sp³-hybridized carbons (Fsp3) is 0.500. The number of anilines is 2. The average molecular weight is 398 g/mol. The zero-order chi connectivity index (χ0) is 20.6. The third-order valence-corrected chi connectivity index (χ3v) is 5.22. The number of hydrogen-bond donors (Lipinski definition) is 1. The van der Waals surface area contributed by atoms with Crippen molar-refractivity contribution in [3.8, 4) is 11.3 Å². The minimum Gasteiger partial charge on any atom is -0.450 e. The Morgan fingerprint density at radius 2 is 1.83 bits per heavy atom. The summed E-state index contributed by atoms with van der Waals surface area (Å²) < 4.78 is 5.10. The number of nitrogens with zero attached hydrogens (tertiary/aromatic N) is 4. The summed E-state index contributed by atoms with van der Waals surface area (Å²) in [5, 5.41) is 3.50. The highest BCUT2D eigenvalue weighted by atomic mass is 16.6. The average Bonchev–Trinajstić information content (AvgIpc) is 2.76. The first-order valence-electron chi connectivity index (χ1n) is 10.5. The van der Waals surface area contributed by atoms with Gasteiger partial charge in [-0.05, 0) is 33.6 Å². The van der Waals surface area contributed by atoms with E-state index in [4.69, 9.17) is 14.7 Å². The van der Waals surface area contributed by atoms with Gasteiger partial charge in [0.2, 0.25) is 5.95 Å². The van der Waals surface area contributed by atoms with E-state index in [9.17, 15) is 4.79 Å². The molecule has 0 atom stereocenters. The van der Waals surface area contributed by atoms with E-state index < -0.39 is 0 Å². The zero-order valence-electron chi connectivity index (χ0n) is 17.6. The monoisotopic (exact) mass is 397 g/mol. The first kappa shape index (κ1) is 20.9. The largest absolute Gasteiger partial charge is 0.450 e.